The van der Waals surface area contributed by atoms with E-state index in [2.05, 4.69) is 48.4 Å². The number of benzene rings is 3. The van der Waals surface area contributed by atoms with Gasteiger partial charge in [-0.25, -0.2) is 4.98 Å². The highest BCUT2D eigenvalue weighted by atomic mass is 32.1. The van der Waals surface area contributed by atoms with Crippen molar-refractivity contribution in [3.8, 4) is 17.0 Å². The van der Waals surface area contributed by atoms with E-state index >= 15 is 0 Å². The summed E-state index contributed by atoms with van der Waals surface area (Å²) in [7, 11) is 0. The maximum Gasteiger partial charge on any atom is 0.264 e. The Morgan fingerprint density at radius 2 is 1.79 bits per heavy atom. The third-order valence-corrected chi connectivity index (χ3v) is 5.47. The lowest BCUT2D eigenvalue weighted by Gasteiger charge is -2.08. The van der Waals surface area contributed by atoms with Crippen molar-refractivity contribution in [1.82, 2.24) is 4.98 Å². The Kier molecular flexibility index (Phi) is 5.58. The summed E-state index contributed by atoms with van der Waals surface area (Å²) in [5.74, 6) is 0.923. The van der Waals surface area contributed by atoms with E-state index < -0.39 is 0 Å². The number of nitrogens with one attached hydrogen (secondary N) is 1. The number of nitrogens with zero attached hydrogens (tertiary/aromatic N) is 1. The van der Waals surface area contributed by atoms with Crippen LogP contribution < -0.4 is 10.1 Å². The molecule has 0 saturated carbocycles. The lowest BCUT2D eigenvalue weighted by molar-refractivity contribution is -0.118. The molecule has 0 saturated heterocycles. The highest BCUT2D eigenvalue weighted by Gasteiger charge is 2.10. The quantitative estimate of drug-likeness (QED) is 0.424. The van der Waals surface area contributed by atoms with Crippen LogP contribution in [0.4, 0.5) is 5.13 Å². The van der Waals surface area contributed by atoms with Crippen molar-refractivity contribution in [1.29, 1.82) is 0 Å². The molecule has 0 bridgehead atoms. The predicted octanol–water partition coefficient (Wildman–Crippen LogP) is 6.10. The molecule has 1 N–H and O–H groups in total. The summed E-state index contributed by atoms with van der Waals surface area (Å²) in [5, 5.41) is 7.69. The molecule has 0 unspecified atom stereocenters. The van der Waals surface area contributed by atoms with Gasteiger partial charge in [0.15, 0.2) is 11.7 Å². The fraction of sp³-hybridized carbons (Fsp3) is 0.167. The van der Waals surface area contributed by atoms with Crippen LogP contribution in [0.15, 0.2) is 72.1 Å². The van der Waals surface area contributed by atoms with Crippen molar-refractivity contribution < 1.29 is 9.53 Å². The van der Waals surface area contributed by atoms with Gasteiger partial charge in [0, 0.05) is 10.9 Å². The number of aromatic nitrogens is 1. The zero-order valence-corrected chi connectivity index (χ0v) is 17.2. The van der Waals surface area contributed by atoms with Crippen LogP contribution in [-0.2, 0) is 4.79 Å². The first kappa shape index (κ1) is 19.2. The van der Waals surface area contributed by atoms with Crippen LogP contribution in [0.25, 0.3) is 22.0 Å². The molecule has 3 aromatic carbocycles. The second kappa shape index (κ2) is 8.45. The molecule has 0 fully saturated rings. The number of hydrogen-bond acceptors (Lipinski definition) is 4. The molecular weight excluding hydrogens is 380 g/mol. The number of carbonyl (C=O) groups is 1. The van der Waals surface area contributed by atoms with E-state index in [0.29, 0.717) is 16.8 Å². The van der Waals surface area contributed by atoms with Gasteiger partial charge in [0.2, 0.25) is 0 Å². The molecule has 4 rings (SSSR count). The Morgan fingerprint density at radius 1 is 1.03 bits per heavy atom. The molecule has 5 heteroatoms. The third-order valence-electron chi connectivity index (χ3n) is 4.71. The summed E-state index contributed by atoms with van der Waals surface area (Å²) in [6.07, 6.45) is 0. The van der Waals surface area contributed by atoms with Gasteiger partial charge in [-0.2, -0.15) is 0 Å². The molecule has 0 spiro atoms. The van der Waals surface area contributed by atoms with Crippen molar-refractivity contribution in [2.75, 3.05) is 11.9 Å². The monoisotopic (exact) mass is 402 g/mol. The van der Waals surface area contributed by atoms with Crippen LogP contribution in [0.5, 0.6) is 5.75 Å². The van der Waals surface area contributed by atoms with Gasteiger partial charge in [-0.1, -0.05) is 62.4 Å². The van der Waals surface area contributed by atoms with Gasteiger partial charge in [0.05, 0.1) is 5.69 Å². The Hall–Kier alpha value is -3.18. The molecule has 0 radical (unpaired) electrons. The van der Waals surface area contributed by atoms with Gasteiger partial charge in [0.1, 0.15) is 5.75 Å². The summed E-state index contributed by atoms with van der Waals surface area (Å²) < 4.78 is 5.58. The second-order valence-corrected chi connectivity index (χ2v) is 8.02. The normalized spacial score (nSPS) is 11.0. The third kappa shape index (κ3) is 4.63. The molecule has 0 aliphatic carbocycles. The van der Waals surface area contributed by atoms with Crippen molar-refractivity contribution in [3.63, 3.8) is 0 Å². The number of rotatable bonds is 6. The van der Waals surface area contributed by atoms with Gasteiger partial charge in [0.25, 0.3) is 5.91 Å². The molecule has 0 atom stereocenters. The standard InChI is InChI=1S/C24H22N2O2S/c1-16(2)17-9-11-21(12-10-17)28-14-23(27)26-24-25-22(15-29-24)20-8-7-18-5-3-4-6-19(18)13-20/h3-13,15-16H,14H2,1-2H3,(H,25,26,27). The first-order chi connectivity index (χ1) is 14.1. The highest BCUT2D eigenvalue weighted by molar-refractivity contribution is 7.14. The van der Waals surface area contributed by atoms with Crippen LogP contribution in [0, 0.1) is 0 Å². The van der Waals surface area contributed by atoms with Crippen molar-refractivity contribution in [3.05, 3.63) is 77.7 Å². The number of carbonyl (C=O) groups excluding carboxylic acids is 1. The fourth-order valence-corrected chi connectivity index (χ4v) is 3.80. The van der Waals surface area contributed by atoms with Crippen LogP contribution in [-0.4, -0.2) is 17.5 Å². The topological polar surface area (TPSA) is 51.2 Å². The molecule has 4 nitrogen and oxygen atoms in total. The molecule has 0 aliphatic rings. The smallest absolute Gasteiger partial charge is 0.264 e. The van der Waals surface area contributed by atoms with Crippen LogP contribution in [0.2, 0.25) is 0 Å². The van der Waals surface area contributed by atoms with E-state index in [1.54, 1.807) is 0 Å². The Morgan fingerprint density at radius 3 is 2.55 bits per heavy atom. The summed E-state index contributed by atoms with van der Waals surface area (Å²) in [6.45, 7) is 4.24. The fourth-order valence-electron chi connectivity index (χ4n) is 3.07. The van der Waals surface area contributed by atoms with Crippen molar-refractivity contribution in [2.45, 2.75) is 19.8 Å². The van der Waals surface area contributed by atoms with Gasteiger partial charge in [-0.05, 0) is 40.5 Å². The maximum absolute atomic E-state index is 12.2. The van der Waals surface area contributed by atoms with Crippen LogP contribution in [0.1, 0.15) is 25.3 Å². The zero-order chi connectivity index (χ0) is 20.2. The molecule has 1 aromatic heterocycles. The highest BCUT2D eigenvalue weighted by Crippen LogP contribution is 2.27. The largest absolute Gasteiger partial charge is 0.484 e. The Labute approximate surface area is 174 Å². The number of amides is 1. The van der Waals surface area contributed by atoms with Gasteiger partial charge in [-0.3, -0.25) is 10.1 Å². The van der Waals surface area contributed by atoms with Gasteiger partial charge in [-0.15, -0.1) is 11.3 Å². The zero-order valence-electron chi connectivity index (χ0n) is 16.4. The molecule has 1 heterocycles. The Bertz CT molecular complexity index is 1130. The lowest BCUT2D eigenvalue weighted by atomic mass is 10.0. The lowest BCUT2D eigenvalue weighted by Crippen LogP contribution is -2.20. The number of fused-ring (bicyclic) bond motifs is 1. The number of anilines is 1. The SMILES string of the molecule is CC(C)c1ccc(OCC(=O)Nc2nc(-c3ccc4ccccc4c3)cs2)cc1. The van der Waals surface area contributed by atoms with E-state index in [-0.39, 0.29) is 12.5 Å². The Balaban J connectivity index is 1.37. The van der Waals surface area contributed by atoms with Gasteiger partial charge >= 0.3 is 0 Å². The average molecular weight is 403 g/mol. The minimum absolute atomic E-state index is 0.0497. The molecular formula is C24H22N2O2S. The first-order valence-corrected chi connectivity index (χ1v) is 10.4. The van der Waals surface area contributed by atoms with E-state index in [1.807, 2.05) is 47.8 Å². The summed E-state index contributed by atoms with van der Waals surface area (Å²) in [4.78, 5) is 16.8. The van der Waals surface area contributed by atoms with E-state index in [4.69, 9.17) is 4.74 Å². The molecule has 1 amide bonds. The molecule has 146 valence electrons. The summed E-state index contributed by atoms with van der Waals surface area (Å²) >= 11 is 1.41. The van der Waals surface area contributed by atoms with Crippen molar-refractivity contribution in [2.24, 2.45) is 0 Å². The number of ether oxygens (including phenoxy) is 1. The minimum atomic E-state index is -0.225. The first-order valence-electron chi connectivity index (χ1n) is 9.56. The van der Waals surface area contributed by atoms with Gasteiger partial charge < -0.3 is 4.74 Å². The summed E-state index contributed by atoms with van der Waals surface area (Å²) in [5.41, 5.74) is 3.12. The number of thiazole rings is 1. The molecule has 0 aliphatic heterocycles. The maximum atomic E-state index is 12.2. The molecule has 29 heavy (non-hydrogen) atoms. The molecule has 4 aromatic rings. The van der Waals surface area contributed by atoms with Crippen LogP contribution >= 0.6 is 11.3 Å². The minimum Gasteiger partial charge on any atom is -0.484 e. The predicted molar refractivity (Wildman–Crippen MR) is 120 cm³/mol. The second-order valence-electron chi connectivity index (χ2n) is 7.16. The van der Waals surface area contributed by atoms with Crippen LogP contribution in [0.3, 0.4) is 0 Å². The van der Waals surface area contributed by atoms with Crippen molar-refractivity contribution >= 4 is 33.1 Å². The van der Waals surface area contributed by atoms with E-state index in [1.165, 1.54) is 27.7 Å². The van der Waals surface area contributed by atoms with E-state index in [0.717, 1.165) is 11.3 Å². The summed E-state index contributed by atoms with van der Waals surface area (Å²) in [6, 6.07) is 22.3. The average Bonchev–Trinajstić information content (AvgIpc) is 3.20. The number of hydrogen-bond donors (Lipinski definition) is 1. The van der Waals surface area contributed by atoms with E-state index in [9.17, 15) is 4.79 Å².